The van der Waals surface area contributed by atoms with Crippen LogP contribution in [0, 0.1) is 23.0 Å². The van der Waals surface area contributed by atoms with E-state index in [4.69, 9.17) is 14.6 Å². The summed E-state index contributed by atoms with van der Waals surface area (Å²) in [6, 6.07) is 3.87. The van der Waals surface area contributed by atoms with E-state index in [1.54, 1.807) is 0 Å². The molecular formula is C14H16BF2NO2. The topological polar surface area (TPSA) is 42.2 Å². The molecule has 0 unspecified atom stereocenters. The third-order valence-corrected chi connectivity index (χ3v) is 3.99. The molecule has 0 bridgehead atoms. The van der Waals surface area contributed by atoms with Crippen molar-refractivity contribution < 1.29 is 18.1 Å². The van der Waals surface area contributed by atoms with Crippen molar-refractivity contribution in [3.05, 3.63) is 29.3 Å². The van der Waals surface area contributed by atoms with Crippen LogP contribution in [-0.4, -0.2) is 18.3 Å². The molecule has 106 valence electrons. The molecule has 0 N–H and O–H groups in total. The summed E-state index contributed by atoms with van der Waals surface area (Å²) in [7, 11) is -1.01. The fourth-order valence-electron chi connectivity index (χ4n) is 2.08. The van der Waals surface area contributed by atoms with Crippen LogP contribution in [0.4, 0.5) is 8.78 Å². The van der Waals surface area contributed by atoms with Crippen LogP contribution < -0.4 is 5.46 Å². The summed E-state index contributed by atoms with van der Waals surface area (Å²) in [5.41, 5.74) is -1.34. The molecule has 0 saturated carbocycles. The van der Waals surface area contributed by atoms with Crippen molar-refractivity contribution in [2.24, 2.45) is 0 Å². The van der Waals surface area contributed by atoms with Crippen molar-refractivity contribution in [3.8, 4) is 6.07 Å². The fraction of sp³-hybridized carbons (Fsp3) is 0.500. The van der Waals surface area contributed by atoms with Gasteiger partial charge in [0.2, 0.25) is 0 Å². The predicted octanol–water partition coefficient (Wildman–Crippen LogP) is 2.33. The summed E-state index contributed by atoms with van der Waals surface area (Å²) in [5, 5.41) is 8.79. The third kappa shape index (κ3) is 2.32. The van der Waals surface area contributed by atoms with E-state index in [0.29, 0.717) is 0 Å². The maximum atomic E-state index is 14.1. The van der Waals surface area contributed by atoms with Crippen LogP contribution in [0.25, 0.3) is 0 Å². The Balaban J connectivity index is 2.50. The molecule has 3 nitrogen and oxygen atoms in total. The lowest BCUT2D eigenvalue weighted by Gasteiger charge is -2.32. The van der Waals surface area contributed by atoms with Gasteiger partial charge in [-0.05, 0) is 39.8 Å². The molecular weight excluding hydrogens is 263 g/mol. The molecule has 1 fully saturated rings. The molecule has 1 aliphatic rings. The van der Waals surface area contributed by atoms with E-state index in [-0.39, 0.29) is 17.4 Å². The molecule has 1 saturated heterocycles. The van der Waals surface area contributed by atoms with E-state index < -0.39 is 30.0 Å². The number of rotatable bonds is 2. The highest BCUT2D eigenvalue weighted by Gasteiger charge is 2.53. The number of hydrogen-bond donors (Lipinski definition) is 0. The normalized spacial score (nSPS) is 19.9. The van der Waals surface area contributed by atoms with Crippen molar-refractivity contribution in [2.45, 2.75) is 45.3 Å². The lowest BCUT2D eigenvalue weighted by molar-refractivity contribution is 0.00578. The van der Waals surface area contributed by atoms with Gasteiger partial charge in [0.25, 0.3) is 0 Å². The summed E-state index contributed by atoms with van der Waals surface area (Å²) in [4.78, 5) is 0. The van der Waals surface area contributed by atoms with E-state index in [9.17, 15) is 8.78 Å². The van der Waals surface area contributed by atoms with Crippen LogP contribution in [0.3, 0.4) is 0 Å². The molecule has 20 heavy (non-hydrogen) atoms. The van der Waals surface area contributed by atoms with Gasteiger partial charge >= 0.3 is 7.12 Å². The third-order valence-electron chi connectivity index (χ3n) is 3.99. The smallest absolute Gasteiger partial charge is 0.399 e. The highest BCUT2D eigenvalue weighted by molar-refractivity contribution is 6.62. The molecule has 0 aliphatic carbocycles. The maximum absolute atomic E-state index is 14.1. The van der Waals surface area contributed by atoms with E-state index in [1.807, 2.05) is 33.8 Å². The van der Waals surface area contributed by atoms with Gasteiger partial charge < -0.3 is 9.31 Å². The minimum atomic E-state index is -1.01. The molecule has 0 amide bonds. The first-order valence-electron chi connectivity index (χ1n) is 6.39. The maximum Gasteiger partial charge on any atom is 0.498 e. The number of nitriles is 1. The molecule has 1 heterocycles. The van der Waals surface area contributed by atoms with Gasteiger partial charge in [-0.15, -0.1) is 0 Å². The zero-order valence-electron chi connectivity index (χ0n) is 12.0. The Morgan fingerprint density at radius 1 is 1.10 bits per heavy atom. The SMILES string of the molecule is CC1(C)OB(c2c(F)ccc(F)c2CC#N)OC1(C)C. The largest absolute Gasteiger partial charge is 0.498 e. The number of hydrogen-bond acceptors (Lipinski definition) is 3. The van der Waals surface area contributed by atoms with Crippen LogP contribution in [0.15, 0.2) is 12.1 Å². The van der Waals surface area contributed by atoms with E-state index in [0.717, 1.165) is 12.1 Å². The highest BCUT2D eigenvalue weighted by Crippen LogP contribution is 2.37. The number of halogens is 2. The summed E-state index contributed by atoms with van der Waals surface area (Å²) in [6.45, 7) is 7.31. The van der Waals surface area contributed by atoms with Crippen molar-refractivity contribution in [2.75, 3.05) is 0 Å². The Kier molecular flexibility index (Phi) is 3.61. The zero-order valence-corrected chi connectivity index (χ0v) is 12.0. The second kappa shape index (κ2) is 4.83. The van der Waals surface area contributed by atoms with Gasteiger partial charge in [0.15, 0.2) is 0 Å². The number of benzene rings is 1. The summed E-state index contributed by atoms with van der Waals surface area (Å²) >= 11 is 0. The van der Waals surface area contributed by atoms with Crippen LogP contribution in [0.1, 0.15) is 33.3 Å². The highest BCUT2D eigenvalue weighted by atomic mass is 19.1. The summed E-state index contributed by atoms with van der Waals surface area (Å²) < 4.78 is 39.4. The minimum Gasteiger partial charge on any atom is -0.399 e. The van der Waals surface area contributed by atoms with Crippen LogP contribution in [-0.2, 0) is 15.7 Å². The molecule has 1 aromatic carbocycles. The second-order valence-corrected chi connectivity index (χ2v) is 5.84. The van der Waals surface area contributed by atoms with Crippen molar-refractivity contribution in [1.82, 2.24) is 0 Å². The lowest BCUT2D eigenvalue weighted by Crippen LogP contribution is -2.41. The Morgan fingerprint density at radius 3 is 2.10 bits per heavy atom. The minimum absolute atomic E-state index is 0.00833. The van der Waals surface area contributed by atoms with Crippen molar-refractivity contribution in [3.63, 3.8) is 0 Å². The quantitative estimate of drug-likeness (QED) is 0.780. The first-order chi connectivity index (χ1) is 9.19. The Hall–Kier alpha value is -1.45. The fourth-order valence-corrected chi connectivity index (χ4v) is 2.08. The Bertz CT molecular complexity index is 565. The van der Waals surface area contributed by atoms with E-state index in [2.05, 4.69) is 0 Å². The molecule has 1 aliphatic heterocycles. The van der Waals surface area contributed by atoms with E-state index >= 15 is 0 Å². The van der Waals surface area contributed by atoms with Gasteiger partial charge in [-0.3, -0.25) is 0 Å². The van der Waals surface area contributed by atoms with Gasteiger partial charge in [-0.25, -0.2) is 8.78 Å². The average molecular weight is 279 g/mol. The van der Waals surface area contributed by atoms with Gasteiger partial charge in [0.1, 0.15) is 11.6 Å². The van der Waals surface area contributed by atoms with E-state index in [1.165, 1.54) is 0 Å². The first-order valence-corrected chi connectivity index (χ1v) is 6.39. The van der Waals surface area contributed by atoms with Crippen LogP contribution in [0.5, 0.6) is 0 Å². The van der Waals surface area contributed by atoms with Crippen molar-refractivity contribution in [1.29, 1.82) is 5.26 Å². The molecule has 1 aromatic rings. The molecule has 6 heteroatoms. The molecule has 0 atom stereocenters. The van der Waals surface area contributed by atoms with Gasteiger partial charge in [0.05, 0.1) is 23.7 Å². The Labute approximate surface area is 117 Å². The Morgan fingerprint density at radius 2 is 1.60 bits per heavy atom. The predicted molar refractivity (Wildman–Crippen MR) is 71.4 cm³/mol. The first kappa shape index (κ1) is 15.0. The number of nitrogens with zero attached hydrogens (tertiary/aromatic N) is 1. The second-order valence-electron chi connectivity index (χ2n) is 5.84. The molecule has 0 radical (unpaired) electrons. The van der Waals surface area contributed by atoms with Crippen LogP contribution >= 0.6 is 0 Å². The lowest BCUT2D eigenvalue weighted by atomic mass is 9.74. The van der Waals surface area contributed by atoms with Crippen molar-refractivity contribution >= 4 is 12.6 Å². The summed E-state index contributed by atoms with van der Waals surface area (Å²) in [5.74, 6) is -1.26. The average Bonchev–Trinajstić information content (AvgIpc) is 2.53. The molecule has 0 aromatic heterocycles. The monoisotopic (exact) mass is 279 g/mol. The molecule has 0 spiro atoms. The summed E-state index contributed by atoms with van der Waals surface area (Å²) in [6.07, 6.45) is -0.233. The van der Waals surface area contributed by atoms with Gasteiger partial charge in [-0.1, -0.05) is 0 Å². The zero-order chi connectivity index (χ0) is 15.1. The van der Waals surface area contributed by atoms with Gasteiger partial charge in [0, 0.05) is 11.0 Å². The van der Waals surface area contributed by atoms with Gasteiger partial charge in [-0.2, -0.15) is 5.26 Å². The standard InChI is InChI=1S/C14H16BF2NO2/c1-13(2)14(3,4)20-15(19-13)12-9(7-8-18)10(16)5-6-11(12)17/h5-6H,7H2,1-4H3. The van der Waals surface area contributed by atoms with Crippen LogP contribution in [0.2, 0.25) is 0 Å². The molecule has 2 rings (SSSR count).